The first-order valence-corrected chi connectivity index (χ1v) is 7.68. The smallest absolute Gasteiger partial charge is 0.321 e. The van der Waals surface area contributed by atoms with Crippen LogP contribution in [0, 0.1) is 0 Å². The standard InChI is InChI=1S/C18H21N3O3/c1-3-19-18(23)21-17(22)16(13-7-5-4-6-8-13)20-14-9-11-15(24-2)12-10-14/h4-12,16,20H,3H2,1-2H3,(H2,19,21,22,23)/t16-/m0/s1. The van der Waals surface area contributed by atoms with Crippen molar-refractivity contribution in [2.24, 2.45) is 0 Å². The Kier molecular flexibility index (Phi) is 6.19. The number of hydrogen-bond donors (Lipinski definition) is 3. The Morgan fingerprint density at radius 2 is 1.71 bits per heavy atom. The summed E-state index contributed by atoms with van der Waals surface area (Å²) in [6.07, 6.45) is 0. The Bertz CT molecular complexity index is 672. The van der Waals surface area contributed by atoms with Gasteiger partial charge >= 0.3 is 6.03 Å². The highest BCUT2D eigenvalue weighted by molar-refractivity contribution is 5.98. The minimum Gasteiger partial charge on any atom is -0.497 e. The third-order valence-electron chi connectivity index (χ3n) is 3.37. The SMILES string of the molecule is CCNC(=O)NC(=O)[C@@H](Nc1ccc(OC)cc1)c1ccccc1. The molecule has 3 amide bonds. The maximum Gasteiger partial charge on any atom is 0.321 e. The van der Waals surface area contributed by atoms with Crippen LogP contribution in [0.1, 0.15) is 18.5 Å². The van der Waals surface area contributed by atoms with Crippen LogP contribution < -0.4 is 20.7 Å². The highest BCUT2D eigenvalue weighted by Crippen LogP contribution is 2.22. The van der Waals surface area contributed by atoms with E-state index in [0.29, 0.717) is 6.54 Å². The molecule has 0 unspecified atom stereocenters. The van der Waals surface area contributed by atoms with Crippen LogP contribution in [0.5, 0.6) is 5.75 Å². The van der Waals surface area contributed by atoms with E-state index in [9.17, 15) is 9.59 Å². The molecule has 6 heteroatoms. The van der Waals surface area contributed by atoms with Crippen LogP contribution in [0.4, 0.5) is 10.5 Å². The average Bonchev–Trinajstić information content (AvgIpc) is 2.61. The third kappa shape index (κ3) is 4.74. The molecule has 0 radical (unpaired) electrons. The predicted octanol–water partition coefficient (Wildman–Crippen LogP) is 2.69. The van der Waals surface area contributed by atoms with Crippen molar-refractivity contribution in [3.05, 3.63) is 60.2 Å². The number of carbonyl (C=O) groups is 2. The molecule has 0 aliphatic rings. The molecule has 2 rings (SSSR count). The zero-order valence-corrected chi connectivity index (χ0v) is 13.7. The van der Waals surface area contributed by atoms with E-state index in [-0.39, 0.29) is 0 Å². The number of amides is 3. The minimum atomic E-state index is -0.692. The van der Waals surface area contributed by atoms with E-state index in [4.69, 9.17) is 4.74 Å². The normalized spacial score (nSPS) is 11.2. The molecule has 0 aliphatic carbocycles. The molecule has 2 aromatic rings. The first kappa shape index (κ1) is 17.3. The molecule has 1 atom stereocenters. The van der Waals surface area contributed by atoms with Gasteiger partial charge in [0.05, 0.1) is 7.11 Å². The van der Waals surface area contributed by atoms with E-state index in [1.165, 1.54) is 0 Å². The van der Waals surface area contributed by atoms with Crippen molar-refractivity contribution in [3.63, 3.8) is 0 Å². The summed E-state index contributed by atoms with van der Waals surface area (Å²) in [6, 6.07) is 15.2. The van der Waals surface area contributed by atoms with Gasteiger partial charge in [-0.15, -0.1) is 0 Å². The van der Waals surface area contributed by atoms with Crippen molar-refractivity contribution >= 4 is 17.6 Å². The van der Waals surface area contributed by atoms with E-state index in [1.54, 1.807) is 26.2 Å². The second kappa shape index (κ2) is 8.57. The second-order valence-electron chi connectivity index (χ2n) is 5.07. The number of urea groups is 1. The molecule has 0 spiro atoms. The topological polar surface area (TPSA) is 79.5 Å². The van der Waals surface area contributed by atoms with Crippen LogP contribution in [-0.4, -0.2) is 25.6 Å². The Morgan fingerprint density at radius 3 is 2.29 bits per heavy atom. The lowest BCUT2D eigenvalue weighted by Gasteiger charge is -2.19. The fraction of sp³-hybridized carbons (Fsp3) is 0.222. The number of nitrogens with one attached hydrogen (secondary N) is 3. The van der Waals surface area contributed by atoms with E-state index in [2.05, 4.69) is 16.0 Å². The van der Waals surface area contributed by atoms with Gasteiger partial charge < -0.3 is 15.4 Å². The molecule has 0 heterocycles. The fourth-order valence-corrected chi connectivity index (χ4v) is 2.19. The molecular weight excluding hydrogens is 306 g/mol. The number of benzene rings is 2. The molecule has 126 valence electrons. The maximum atomic E-state index is 12.5. The molecule has 3 N–H and O–H groups in total. The summed E-state index contributed by atoms with van der Waals surface area (Å²) in [5.74, 6) is 0.298. The van der Waals surface area contributed by atoms with Crippen LogP contribution in [0.15, 0.2) is 54.6 Å². The molecule has 2 aromatic carbocycles. The maximum absolute atomic E-state index is 12.5. The van der Waals surface area contributed by atoms with Gasteiger partial charge in [-0.1, -0.05) is 30.3 Å². The molecule has 0 bridgehead atoms. The molecule has 0 saturated heterocycles. The van der Waals surface area contributed by atoms with E-state index < -0.39 is 18.0 Å². The molecular formula is C18H21N3O3. The quantitative estimate of drug-likeness (QED) is 0.762. The van der Waals surface area contributed by atoms with Gasteiger partial charge in [0, 0.05) is 12.2 Å². The first-order valence-electron chi connectivity index (χ1n) is 7.68. The molecule has 6 nitrogen and oxygen atoms in total. The van der Waals surface area contributed by atoms with Gasteiger partial charge in [0.2, 0.25) is 0 Å². The van der Waals surface area contributed by atoms with Gasteiger partial charge in [0.25, 0.3) is 5.91 Å². The summed E-state index contributed by atoms with van der Waals surface area (Å²) in [5, 5.41) is 8.04. The van der Waals surface area contributed by atoms with Gasteiger partial charge in [0.1, 0.15) is 11.8 Å². The summed E-state index contributed by atoms with van der Waals surface area (Å²) in [4.78, 5) is 24.1. The summed E-state index contributed by atoms with van der Waals surface area (Å²) in [6.45, 7) is 2.23. The van der Waals surface area contributed by atoms with E-state index >= 15 is 0 Å². The van der Waals surface area contributed by atoms with Gasteiger partial charge in [-0.05, 0) is 36.8 Å². The lowest BCUT2D eigenvalue weighted by atomic mass is 10.1. The number of hydrogen-bond acceptors (Lipinski definition) is 4. The van der Waals surface area contributed by atoms with Crippen LogP contribution in [0.25, 0.3) is 0 Å². The van der Waals surface area contributed by atoms with Gasteiger partial charge in [-0.2, -0.15) is 0 Å². The van der Waals surface area contributed by atoms with Crippen LogP contribution in [0.2, 0.25) is 0 Å². The predicted molar refractivity (Wildman–Crippen MR) is 93.0 cm³/mol. The van der Waals surface area contributed by atoms with Crippen molar-refractivity contribution in [3.8, 4) is 5.75 Å². The number of ether oxygens (including phenoxy) is 1. The summed E-state index contributed by atoms with van der Waals surface area (Å²) in [7, 11) is 1.59. The molecule has 0 saturated carbocycles. The molecule has 0 fully saturated rings. The average molecular weight is 327 g/mol. The number of methoxy groups -OCH3 is 1. The molecule has 24 heavy (non-hydrogen) atoms. The van der Waals surface area contributed by atoms with Crippen LogP contribution >= 0.6 is 0 Å². The van der Waals surface area contributed by atoms with Crippen LogP contribution in [0.3, 0.4) is 0 Å². The number of rotatable bonds is 6. The molecule has 0 aromatic heterocycles. The summed E-state index contributed by atoms with van der Waals surface area (Å²) in [5.41, 5.74) is 1.51. The Hall–Kier alpha value is -3.02. The number of imide groups is 1. The molecule has 0 aliphatic heterocycles. The van der Waals surface area contributed by atoms with Gasteiger partial charge in [0.15, 0.2) is 0 Å². The fourth-order valence-electron chi connectivity index (χ4n) is 2.19. The largest absolute Gasteiger partial charge is 0.497 e. The van der Waals surface area contributed by atoms with Crippen molar-refractivity contribution in [1.29, 1.82) is 0 Å². The third-order valence-corrected chi connectivity index (χ3v) is 3.37. The summed E-state index contributed by atoms with van der Waals surface area (Å²) < 4.78 is 5.13. The Morgan fingerprint density at radius 1 is 1.04 bits per heavy atom. The zero-order valence-electron chi connectivity index (χ0n) is 13.7. The second-order valence-corrected chi connectivity index (χ2v) is 5.07. The first-order chi connectivity index (χ1) is 11.6. The van der Waals surface area contributed by atoms with Crippen molar-refractivity contribution in [1.82, 2.24) is 10.6 Å². The van der Waals surface area contributed by atoms with E-state index in [1.807, 2.05) is 42.5 Å². The number of anilines is 1. The lowest BCUT2D eigenvalue weighted by molar-refractivity contribution is -0.120. The highest BCUT2D eigenvalue weighted by Gasteiger charge is 2.22. The zero-order chi connectivity index (χ0) is 17.4. The minimum absolute atomic E-state index is 0.428. The summed E-state index contributed by atoms with van der Waals surface area (Å²) >= 11 is 0. The van der Waals surface area contributed by atoms with Gasteiger partial charge in [-0.3, -0.25) is 10.1 Å². The number of carbonyl (C=O) groups excluding carboxylic acids is 2. The van der Waals surface area contributed by atoms with Crippen LogP contribution in [-0.2, 0) is 4.79 Å². The van der Waals surface area contributed by atoms with Crippen molar-refractivity contribution in [2.75, 3.05) is 19.0 Å². The Balaban J connectivity index is 2.19. The lowest BCUT2D eigenvalue weighted by Crippen LogP contribution is -2.43. The highest BCUT2D eigenvalue weighted by atomic mass is 16.5. The van der Waals surface area contributed by atoms with E-state index in [0.717, 1.165) is 17.0 Å². The van der Waals surface area contributed by atoms with Crippen molar-refractivity contribution < 1.29 is 14.3 Å². The monoisotopic (exact) mass is 327 g/mol. The van der Waals surface area contributed by atoms with Gasteiger partial charge in [-0.25, -0.2) is 4.79 Å². The Labute approximate surface area is 141 Å². The van der Waals surface area contributed by atoms with Crippen molar-refractivity contribution in [2.45, 2.75) is 13.0 Å².